The van der Waals surface area contributed by atoms with Gasteiger partial charge in [-0.15, -0.1) is 5.10 Å². The predicted octanol–water partition coefficient (Wildman–Crippen LogP) is 5.36. The highest BCUT2D eigenvalue weighted by Crippen LogP contribution is 2.48. The summed E-state index contributed by atoms with van der Waals surface area (Å²) < 4.78 is 16.9. The second-order valence-corrected chi connectivity index (χ2v) is 10.8. The van der Waals surface area contributed by atoms with E-state index < -0.39 is 17.7 Å². The van der Waals surface area contributed by atoms with Gasteiger partial charge >= 0.3 is 5.97 Å². The molecule has 0 radical (unpaired) electrons. The fraction of sp³-hybridized carbons (Fsp3) is 0.333. The Morgan fingerprint density at radius 1 is 1.08 bits per heavy atom. The zero-order valence-corrected chi connectivity index (χ0v) is 21.0. The number of amides is 1. The van der Waals surface area contributed by atoms with Crippen molar-refractivity contribution in [1.82, 2.24) is 19.5 Å². The van der Waals surface area contributed by atoms with Crippen LogP contribution < -0.4 is 0 Å². The van der Waals surface area contributed by atoms with Crippen molar-refractivity contribution in [2.45, 2.75) is 50.5 Å². The number of carbonyl (C=O) groups is 2. The van der Waals surface area contributed by atoms with Crippen molar-refractivity contribution < 1.29 is 19.1 Å². The summed E-state index contributed by atoms with van der Waals surface area (Å²) in [6.45, 7) is 2.72. The van der Waals surface area contributed by atoms with Crippen molar-refractivity contribution in [3.8, 4) is 11.4 Å². The molecule has 7 nitrogen and oxygen atoms in total. The van der Waals surface area contributed by atoms with E-state index in [2.05, 4.69) is 29.1 Å². The number of carbonyl (C=O) groups excluding carboxylic acids is 1. The number of carboxylic acid groups (broad SMARTS) is 1. The maximum absolute atomic E-state index is 15.2. The fourth-order valence-corrected chi connectivity index (χ4v) is 5.91. The molecule has 38 heavy (non-hydrogen) atoms. The van der Waals surface area contributed by atoms with E-state index in [0.29, 0.717) is 35.7 Å². The maximum atomic E-state index is 15.2. The normalized spacial score (nSPS) is 22.4. The van der Waals surface area contributed by atoms with Crippen LogP contribution in [-0.2, 0) is 11.2 Å². The summed E-state index contributed by atoms with van der Waals surface area (Å²) in [5.74, 6) is -1.39. The van der Waals surface area contributed by atoms with E-state index in [1.165, 1.54) is 17.2 Å². The number of aliphatic carboxylic acids is 1. The average Bonchev–Trinajstić information content (AvgIpc) is 3.84. The number of benzene rings is 2. The van der Waals surface area contributed by atoms with Crippen molar-refractivity contribution in [3.05, 3.63) is 88.4 Å². The van der Waals surface area contributed by atoms with Gasteiger partial charge in [-0.1, -0.05) is 30.3 Å². The maximum Gasteiger partial charge on any atom is 0.307 e. The number of hydrogen-bond acceptors (Lipinski definition) is 4. The molecular weight excluding hydrogens is 483 g/mol. The molecule has 3 heterocycles. The van der Waals surface area contributed by atoms with E-state index in [9.17, 15) is 14.7 Å². The Morgan fingerprint density at radius 2 is 1.89 bits per heavy atom. The lowest BCUT2D eigenvalue weighted by Crippen LogP contribution is -2.38. The number of hydrogen-bond donors (Lipinski definition) is 1. The Hall–Kier alpha value is -4.07. The van der Waals surface area contributed by atoms with E-state index in [1.807, 2.05) is 23.1 Å². The summed E-state index contributed by atoms with van der Waals surface area (Å²) in [5, 5.41) is 13.8. The molecule has 2 aromatic heterocycles. The highest BCUT2D eigenvalue weighted by atomic mass is 19.1. The summed E-state index contributed by atoms with van der Waals surface area (Å²) in [5.41, 5.74) is 5.44. The lowest BCUT2D eigenvalue weighted by atomic mass is 9.93. The summed E-state index contributed by atoms with van der Waals surface area (Å²) in [6, 6.07) is 16.7. The standard InChI is InChI=1S/C30H27FN4O3/c1-16-21-5-3-2-4-17(21)10-11-34(16)29(36)20-13-26(18-6-7-18)35-27(14-20)32-28(33-35)22-9-8-19(12-25(22)31)23-15-24(23)30(37)38/h2-5,8-9,12-14,16,18,23-24H,6-7,10-11,15H2,1H3,(H,37,38)/t16-,23+,24+/m1/s1. The van der Waals surface area contributed by atoms with Gasteiger partial charge in [-0.05, 0) is 79.5 Å². The van der Waals surface area contributed by atoms with Crippen LogP contribution in [-0.4, -0.2) is 43.0 Å². The van der Waals surface area contributed by atoms with Crippen LogP contribution in [0.25, 0.3) is 17.0 Å². The van der Waals surface area contributed by atoms with Gasteiger partial charge in [-0.2, -0.15) is 0 Å². The van der Waals surface area contributed by atoms with Crippen LogP contribution in [0.2, 0.25) is 0 Å². The number of pyridine rings is 1. The first-order valence-corrected chi connectivity index (χ1v) is 13.2. The van der Waals surface area contributed by atoms with Crippen molar-refractivity contribution >= 4 is 17.5 Å². The molecule has 0 spiro atoms. The van der Waals surface area contributed by atoms with Crippen LogP contribution in [0.4, 0.5) is 4.39 Å². The van der Waals surface area contributed by atoms with E-state index in [-0.39, 0.29) is 29.3 Å². The zero-order chi connectivity index (χ0) is 26.1. The summed E-state index contributed by atoms with van der Waals surface area (Å²) in [4.78, 5) is 31.5. The third kappa shape index (κ3) is 3.78. The van der Waals surface area contributed by atoms with Crippen LogP contribution in [0.1, 0.15) is 76.8 Å². The van der Waals surface area contributed by atoms with Gasteiger partial charge in [-0.3, -0.25) is 9.59 Å². The number of rotatable bonds is 5. The molecule has 3 atom stereocenters. The fourth-order valence-electron chi connectivity index (χ4n) is 5.91. The molecule has 7 rings (SSSR count). The van der Waals surface area contributed by atoms with E-state index >= 15 is 4.39 Å². The van der Waals surface area contributed by atoms with Crippen LogP contribution in [0.15, 0.2) is 54.6 Å². The van der Waals surface area contributed by atoms with Crippen LogP contribution in [0.5, 0.6) is 0 Å². The van der Waals surface area contributed by atoms with Gasteiger partial charge in [0.25, 0.3) is 5.91 Å². The number of nitrogens with zero attached hydrogens (tertiary/aromatic N) is 4. The van der Waals surface area contributed by atoms with Gasteiger partial charge in [0.15, 0.2) is 11.5 Å². The van der Waals surface area contributed by atoms with E-state index in [4.69, 9.17) is 0 Å². The Kier molecular flexibility index (Phi) is 5.15. The van der Waals surface area contributed by atoms with Crippen LogP contribution in [0.3, 0.4) is 0 Å². The van der Waals surface area contributed by atoms with Crippen LogP contribution >= 0.6 is 0 Å². The van der Waals surface area contributed by atoms with Gasteiger partial charge in [0.2, 0.25) is 0 Å². The average molecular weight is 511 g/mol. The first kappa shape index (κ1) is 23.1. The third-order valence-corrected chi connectivity index (χ3v) is 8.33. The highest BCUT2D eigenvalue weighted by molar-refractivity contribution is 5.96. The lowest BCUT2D eigenvalue weighted by Gasteiger charge is -2.35. The Labute approximate surface area is 218 Å². The second-order valence-electron chi connectivity index (χ2n) is 10.8. The largest absolute Gasteiger partial charge is 0.481 e. The molecule has 4 aromatic rings. The monoisotopic (exact) mass is 510 g/mol. The molecule has 1 amide bonds. The Morgan fingerprint density at radius 3 is 2.63 bits per heavy atom. The topological polar surface area (TPSA) is 87.8 Å². The molecule has 8 heteroatoms. The van der Waals surface area contributed by atoms with Crippen molar-refractivity contribution in [3.63, 3.8) is 0 Å². The summed E-state index contributed by atoms with van der Waals surface area (Å²) >= 11 is 0. The van der Waals surface area contributed by atoms with Gasteiger partial charge in [0.1, 0.15) is 5.82 Å². The third-order valence-electron chi connectivity index (χ3n) is 8.33. The van der Waals surface area contributed by atoms with Gasteiger partial charge in [0.05, 0.1) is 17.5 Å². The highest BCUT2D eigenvalue weighted by Gasteiger charge is 2.44. The quantitative estimate of drug-likeness (QED) is 0.391. The second kappa shape index (κ2) is 8.48. The minimum atomic E-state index is -0.845. The molecular formula is C30H27FN4O3. The summed E-state index contributed by atoms with van der Waals surface area (Å²) in [7, 11) is 0. The van der Waals surface area contributed by atoms with Crippen molar-refractivity contribution in [2.75, 3.05) is 6.54 Å². The van der Waals surface area contributed by atoms with E-state index in [1.54, 1.807) is 22.7 Å². The molecule has 0 saturated heterocycles. The first-order valence-electron chi connectivity index (χ1n) is 13.2. The predicted molar refractivity (Wildman–Crippen MR) is 138 cm³/mol. The van der Waals surface area contributed by atoms with Crippen molar-refractivity contribution in [2.24, 2.45) is 5.92 Å². The molecule has 3 aliphatic rings. The zero-order valence-electron chi connectivity index (χ0n) is 21.0. The number of aromatic nitrogens is 3. The molecule has 1 aliphatic heterocycles. The Bertz CT molecular complexity index is 1630. The molecule has 2 saturated carbocycles. The Balaban J connectivity index is 1.23. The molecule has 0 unspecified atom stereocenters. The van der Waals surface area contributed by atoms with Gasteiger partial charge < -0.3 is 10.0 Å². The number of halogens is 1. The number of fused-ring (bicyclic) bond motifs is 2. The molecule has 1 N–H and O–H groups in total. The van der Waals surface area contributed by atoms with Crippen molar-refractivity contribution in [1.29, 1.82) is 0 Å². The SMILES string of the molecule is C[C@@H]1c2ccccc2CCN1C(=O)c1cc(C2CC2)n2nc(-c3ccc([C@@H]4C[C@@H]4C(=O)O)cc3F)nc2c1. The van der Waals surface area contributed by atoms with Gasteiger partial charge in [-0.25, -0.2) is 13.9 Å². The van der Waals surface area contributed by atoms with Crippen LogP contribution in [0, 0.1) is 11.7 Å². The minimum absolute atomic E-state index is 0.0266. The number of carboxylic acids is 1. The molecule has 2 fully saturated rings. The smallest absolute Gasteiger partial charge is 0.307 e. The molecule has 192 valence electrons. The molecule has 2 aromatic carbocycles. The molecule has 2 aliphatic carbocycles. The van der Waals surface area contributed by atoms with Gasteiger partial charge in [0, 0.05) is 23.7 Å². The molecule has 0 bridgehead atoms. The first-order chi connectivity index (χ1) is 18.4. The minimum Gasteiger partial charge on any atom is -0.481 e. The summed E-state index contributed by atoms with van der Waals surface area (Å²) in [6.07, 6.45) is 3.39. The lowest BCUT2D eigenvalue weighted by molar-refractivity contribution is -0.138. The van der Waals surface area contributed by atoms with E-state index in [0.717, 1.165) is 25.0 Å².